The molecule has 0 atom stereocenters. The number of nitrogens with zero attached hydrogens (tertiary/aromatic N) is 4. The number of hydrogen-bond donors (Lipinski definition) is 2. The molecule has 0 saturated carbocycles. The summed E-state index contributed by atoms with van der Waals surface area (Å²) < 4.78 is 0. The van der Waals surface area contributed by atoms with Crippen molar-refractivity contribution in [3.63, 3.8) is 0 Å². The summed E-state index contributed by atoms with van der Waals surface area (Å²) in [4.78, 5) is 8.32. The Hall–Kier alpha value is -2.50. The normalized spacial score (nSPS) is 14.7. The van der Waals surface area contributed by atoms with Crippen LogP contribution in [0.2, 0.25) is 0 Å². The minimum Gasteiger partial charge on any atom is -0.365 e. The van der Waals surface area contributed by atoms with Crippen LogP contribution in [0.15, 0.2) is 30.6 Å². The molecule has 1 aliphatic rings. The standard InChI is InChI=1S/C13H12N6/c1-2-4-9-6-10(5-8(9)3-1)16-12-11-13(15-7-14-12)18-19-17-11/h1-4,7,10H,5-6H2,(H2,14,15,16,17,18,19). The van der Waals surface area contributed by atoms with E-state index in [4.69, 9.17) is 0 Å². The fourth-order valence-corrected chi connectivity index (χ4v) is 2.64. The van der Waals surface area contributed by atoms with Gasteiger partial charge >= 0.3 is 0 Å². The predicted molar refractivity (Wildman–Crippen MR) is 70.7 cm³/mol. The number of anilines is 1. The number of H-pyrrole nitrogens is 1. The van der Waals surface area contributed by atoms with E-state index in [-0.39, 0.29) is 0 Å². The summed E-state index contributed by atoms with van der Waals surface area (Å²) in [6.07, 6.45) is 3.54. The van der Waals surface area contributed by atoms with Crippen LogP contribution in [0.4, 0.5) is 5.82 Å². The van der Waals surface area contributed by atoms with Gasteiger partial charge in [0.2, 0.25) is 5.65 Å². The van der Waals surface area contributed by atoms with Crippen molar-refractivity contribution in [3.05, 3.63) is 41.7 Å². The first-order valence-corrected chi connectivity index (χ1v) is 6.25. The monoisotopic (exact) mass is 252 g/mol. The van der Waals surface area contributed by atoms with E-state index in [1.807, 2.05) is 0 Å². The summed E-state index contributed by atoms with van der Waals surface area (Å²) in [5.41, 5.74) is 4.10. The maximum atomic E-state index is 4.26. The molecule has 0 amide bonds. The molecule has 6 nitrogen and oxygen atoms in total. The third kappa shape index (κ3) is 1.72. The molecule has 0 unspecified atom stereocenters. The Labute approximate surface area is 109 Å². The topological polar surface area (TPSA) is 79.4 Å². The van der Waals surface area contributed by atoms with E-state index in [0.717, 1.165) is 18.7 Å². The molecule has 0 saturated heterocycles. The summed E-state index contributed by atoms with van der Waals surface area (Å²) in [6, 6.07) is 8.89. The van der Waals surface area contributed by atoms with Gasteiger partial charge in [-0.25, -0.2) is 9.97 Å². The SMILES string of the molecule is c1ccc2c(c1)CC(Nc1ncnc3n[nH]nc13)C2. The zero-order valence-corrected chi connectivity index (χ0v) is 10.2. The van der Waals surface area contributed by atoms with Crippen LogP contribution in [-0.2, 0) is 12.8 Å². The maximum Gasteiger partial charge on any atom is 0.206 e. The van der Waals surface area contributed by atoms with E-state index < -0.39 is 0 Å². The molecule has 2 aromatic heterocycles. The number of rotatable bonds is 2. The van der Waals surface area contributed by atoms with Crippen LogP contribution in [0, 0.1) is 0 Å². The van der Waals surface area contributed by atoms with Gasteiger partial charge in [-0.05, 0) is 24.0 Å². The van der Waals surface area contributed by atoms with E-state index in [1.165, 1.54) is 17.5 Å². The van der Waals surface area contributed by atoms with Crippen LogP contribution in [0.5, 0.6) is 0 Å². The minimum absolute atomic E-state index is 0.354. The van der Waals surface area contributed by atoms with Gasteiger partial charge < -0.3 is 5.32 Å². The van der Waals surface area contributed by atoms with Crippen LogP contribution < -0.4 is 5.32 Å². The first-order chi connectivity index (χ1) is 9.40. The van der Waals surface area contributed by atoms with Crippen molar-refractivity contribution in [1.29, 1.82) is 0 Å². The minimum atomic E-state index is 0.354. The molecule has 0 fully saturated rings. The van der Waals surface area contributed by atoms with Crippen LogP contribution in [0.1, 0.15) is 11.1 Å². The van der Waals surface area contributed by atoms with Crippen molar-refractivity contribution >= 4 is 17.0 Å². The molecular formula is C13H12N6. The molecule has 6 heteroatoms. The fourth-order valence-electron chi connectivity index (χ4n) is 2.64. The van der Waals surface area contributed by atoms with Crippen molar-refractivity contribution in [3.8, 4) is 0 Å². The van der Waals surface area contributed by atoms with Gasteiger partial charge in [-0.2, -0.15) is 10.3 Å². The smallest absolute Gasteiger partial charge is 0.206 e. The lowest BCUT2D eigenvalue weighted by atomic mass is 10.1. The van der Waals surface area contributed by atoms with E-state index in [0.29, 0.717) is 17.2 Å². The van der Waals surface area contributed by atoms with Crippen molar-refractivity contribution in [2.24, 2.45) is 0 Å². The van der Waals surface area contributed by atoms with Crippen molar-refractivity contribution in [2.45, 2.75) is 18.9 Å². The second kappa shape index (κ2) is 4.01. The van der Waals surface area contributed by atoms with Crippen molar-refractivity contribution < 1.29 is 0 Å². The number of aromatic amines is 1. The molecule has 19 heavy (non-hydrogen) atoms. The third-order valence-electron chi connectivity index (χ3n) is 3.51. The number of hydrogen-bond acceptors (Lipinski definition) is 5. The van der Waals surface area contributed by atoms with Crippen LogP contribution in [-0.4, -0.2) is 31.4 Å². The summed E-state index contributed by atoms with van der Waals surface area (Å²) in [5, 5.41) is 14.1. The van der Waals surface area contributed by atoms with E-state index in [2.05, 4.69) is 55.0 Å². The van der Waals surface area contributed by atoms with E-state index in [9.17, 15) is 0 Å². The van der Waals surface area contributed by atoms with Crippen molar-refractivity contribution in [2.75, 3.05) is 5.32 Å². The summed E-state index contributed by atoms with van der Waals surface area (Å²) in [6.45, 7) is 0. The molecule has 0 radical (unpaired) electrons. The molecule has 2 N–H and O–H groups in total. The van der Waals surface area contributed by atoms with Gasteiger partial charge in [0.1, 0.15) is 6.33 Å². The quantitative estimate of drug-likeness (QED) is 0.719. The second-order valence-corrected chi connectivity index (χ2v) is 4.74. The van der Waals surface area contributed by atoms with Crippen LogP contribution >= 0.6 is 0 Å². The highest BCUT2D eigenvalue weighted by atomic mass is 15.3. The number of fused-ring (bicyclic) bond motifs is 2. The molecule has 94 valence electrons. The first kappa shape index (κ1) is 10.4. The Morgan fingerprint density at radius 2 is 1.84 bits per heavy atom. The summed E-state index contributed by atoms with van der Waals surface area (Å²) in [5.74, 6) is 0.747. The predicted octanol–water partition coefficient (Wildman–Crippen LogP) is 1.33. The second-order valence-electron chi connectivity index (χ2n) is 4.74. The Balaban J connectivity index is 1.62. The Bertz CT molecular complexity index is 710. The van der Waals surface area contributed by atoms with Gasteiger partial charge in [-0.1, -0.05) is 24.3 Å². The number of benzene rings is 1. The molecule has 0 bridgehead atoms. The molecule has 1 aliphatic carbocycles. The van der Waals surface area contributed by atoms with Gasteiger partial charge in [0.25, 0.3) is 0 Å². The lowest BCUT2D eigenvalue weighted by Crippen LogP contribution is -2.20. The molecule has 4 rings (SSSR count). The van der Waals surface area contributed by atoms with Crippen LogP contribution in [0.25, 0.3) is 11.2 Å². The highest BCUT2D eigenvalue weighted by Crippen LogP contribution is 2.25. The number of nitrogens with one attached hydrogen (secondary N) is 2. The van der Waals surface area contributed by atoms with Gasteiger partial charge in [0.05, 0.1) is 0 Å². The maximum absolute atomic E-state index is 4.26. The molecule has 2 heterocycles. The molecule has 0 spiro atoms. The van der Waals surface area contributed by atoms with Gasteiger partial charge in [0, 0.05) is 6.04 Å². The lowest BCUT2D eigenvalue weighted by molar-refractivity contribution is 0.769. The largest absolute Gasteiger partial charge is 0.365 e. The van der Waals surface area contributed by atoms with E-state index in [1.54, 1.807) is 0 Å². The zero-order chi connectivity index (χ0) is 12.7. The fraction of sp³-hybridized carbons (Fsp3) is 0.231. The summed E-state index contributed by atoms with van der Waals surface area (Å²) >= 11 is 0. The highest BCUT2D eigenvalue weighted by molar-refractivity contribution is 5.81. The molecule has 1 aromatic carbocycles. The van der Waals surface area contributed by atoms with Crippen LogP contribution in [0.3, 0.4) is 0 Å². The number of aromatic nitrogens is 5. The molecular weight excluding hydrogens is 240 g/mol. The van der Waals surface area contributed by atoms with Gasteiger partial charge in [-0.3, -0.25) is 0 Å². The Morgan fingerprint density at radius 1 is 1.05 bits per heavy atom. The van der Waals surface area contributed by atoms with Gasteiger partial charge in [0.15, 0.2) is 11.3 Å². The third-order valence-corrected chi connectivity index (χ3v) is 3.51. The Kier molecular flexibility index (Phi) is 2.20. The van der Waals surface area contributed by atoms with Crippen molar-refractivity contribution in [1.82, 2.24) is 25.4 Å². The highest BCUT2D eigenvalue weighted by Gasteiger charge is 2.22. The average Bonchev–Trinajstić information content (AvgIpc) is 3.04. The van der Waals surface area contributed by atoms with E-state index >= 15 is 0 Å². The average molecular weight is 252 g/mol. The molecule has 0 aliphatic heterocycles. The van der Waals surface area contributed by atoms with Gasteiger partial charge in [-0.15, -0.1) is 5.10 Å². The first-order valence-electron chi connectivity index (χ1n) is 6.25. The summed E-state index contributed by atoms with van der Waals surface area (Å²) in [7, 11) is 0. The molecule has 3 aromatic rings. The zero-order valence-electron chi connectivity index (χ0n) is 10.2. The lowest BCUT2D eigenvalue weighted by Gasteiger charge is -2.12. The Morgan fingerprint density at radius 3 is 2.63 bits per heavy atom.